The molecule has 5 aromatic rings. The van der Waals surface area contributed by atoms with E-state index in [0.29, 0.717) is 16.6 Å². The highest BCUT2D eigenvalue weighted by atomic mass is 19.4. The van der Waals surface area contributed by atoms with Gasteiger partial charge in [-0.05, 0) is 11.6 Å². The van der Waals surface area contributed by atoms with E-state index in [2.05, 4.69) is 20.1 Å². The minimum absolute atomic E-state index is 0.00873. The largest absolute Gasteiger partial charge is 0.471 e. The fourth-order valence-corrected chi connectivity index (χ4v) is 3.92. The first-order valence-electron chi connectivity index (χ1n) is 11.1. The van der Waals surface area contributed by atoms with Gasteiger partial charge in [-0.1, -0.05) is 42.5 Å². The quantitative estimate of drug-likeness (QED) is 0.258. The average Bonchev–Trinajstić information content (AvgIpc) is 3.44. The second-order valence-corrected chi connectivity index (χ2v) is 8.48. The van der Waals surface area contributed by atoms with Gasteiger partial charge in [0.25, 0.3) is 0 Å². The summed E-state index contributed by atoms with van der Waals surface area (Å²) in [6, 6.07) is 11.5. The van der Waals surface area contributed by atoms with Gasteiger partial charge in [-0.2, -0.15) is 36.4 Å². The third-order valence-electron chi connectivity index (χ3n) is 5.67. The molecule has 0 spiro atoms. The number of alkyl halides is 6. The standard InChI is InChI=1S/C25H18F6N6O/c1-36-12-19(25(29,30)31)33-22(36)15-9-7-14(8-10-15)13-38-23-20-18(11-37(2)35-20)32-21(34-23)16-5-3-4-6-17(16)24(26,27)28/h3-12H,13H2,1-2H3. The third kappa shape index (κ3) is 4.91. The molecule has 0 aliphatic heterocycles. The minimum atomic E-state index is -4.61. The maximum absolute atomic E-state index is 13.6. The van der Waals surface area contributed by atoms with Crippen molar-refractivity contribution in [1.29, 1.82) is 0 Å². The monoisotopic (exact) mass is 532 g/mol. The zero-order valence-corrected chi connectivity index (χ0v) is 19.8. The minimum Gasteiger partial charge on any atom is -0.471 e. The summed E-state index contributed by atoms with van der Waals surface area (Å²) in [5, 5.41) is 4.26. The molecule has 0 aliphatic rings. The Balaban J connectivity index is 1.44. The van der Waals surface area contributed by atoms with Gasteiger partial charge in [0.05, 0.1) is 11.8 Å². The van der Waals surface area contributed by atoms with Crippen LogP contribution < -0.4 is 4.74 Å². The van der Waals surface area contributed by atoms with Gasteiger partial charge in [0.2, 0.25) is 5.88 Å². The predicted molar refractivity (Wildman–Crippen MR) is 125 cm³/mol. The molecule has 0 radical (unpaired) electrons. The SMILES string of the molecule is Cn1cc2nc(-c3ccccc3C(F)(F)F)nc(OCc3ccc(-c4nc(C(F)(F)F)cn4C)cc3)c2n1. The summed E-state index contributed by atoms with van der Waals surface area (Å²) in [7, 11) is 3.10. The normalized spacial score (nSPS) is 12.3. The lowest BCUT2D eigenvalue weighted by molar-refractivity contribution is -0.141. The lowest BCUT2D eigenvalue weighted by Crippen LogP contribution is -2.08. The van der Waals surface area contributed by atoms with Crippen molar-refractivity contribution >= 4 is 11.0 Å². The number of imidazole rings is 1. The number of hydrogen-bond donors (Lipinski definition) is 0. The summed E-state index contributed by atoms with van der Waals surface area (Å²) in [6.07, 6.45) is -6.72. The number of ether oxygens (including phenoxy) is 1. The summed E-state index contributed by atoms with van der Waals surface area (Å²) in [4.78, 5) is 12.2. The van der Waals surface area contributed by atoms with Crippen LogP contribution in [0.4, 0.5) is 26.3 Å². The van der Waals surface area contributed by atoms with E-state index in [1.165, 1.54) is 34.5 Å². The number of benzene rings is 2. The number of fused-ring (bicyclic) bond motifs is 1. The van der Waals surface area contributed by atoms with E-state index in [1.54, 1.807) is 37.5 Å². The summed E-state index contributed by atoms with van der Waals surface area (Å²) in [6.45, 7) is -0.0301. The molecule has 38 heavy (non-hydrogen) atoms. The summed E-state index contributed by atoms with van der Waals surface area (Å²) < 4.78 is 88.3. The highest BCUT2D eigenvalue weighted by Crippen LogP contribution is 2.37. The topological polar surface area (TPSA) is 70.7 Å². The lowest BCUT2D eigenvalue weighted by Gasteiger charge is -2.13. The highest BCUT2D eigenvalue weighted by molar-refractivity contribution is 5.81. The van der Waals surface area contributed by atoms with Gasteiger partial charge in [0.1, 0.15) is 17.9 Å². The zero-order chi connectivity index (χ0) is 27.2. The molecular formula is C25H18F6N6O. The van der Waals surface area contributed by atoms with Crippen molar-refractivity contribution in [3.63, 3.8) is 0 Å². The molecule has 0 amide bonds. The fraction of sp³-hybridized carbons (Fsp3) is 0.200. The molecule has 196 valence electrons. The smallest absolute Gasteiger partial charge is 0.434 e. The molecular weight excluding hydrogens is 514 g/mol. The molecule has 13 heteroatoms. The van der Waals surface area contributed by atoms with Crippen molar-refractivity contribution in [3.8, 4) is 28.7 Å². The molecule has 0 bridgehead atoms. The first-order chi connectivity index (χ1) is 17.9. The first kappa shape index (κ1) is 25.2. The second-order valence-electron chi connectivity index (χ2n) is 8.48. The number of rotatable bonds is 5. The van der Waals surface area contributed by atoms with Gasteiger partial charge in [0.15, 0.2) is 17.0 Å². The number of nitrogens with zero attached hydrogens (tertiary/aromatic N) is 6. The molecule has 3 heterocycles. The Morgan fingerprint density at radius 3 is 2.18 bits per heavy atom. The molecule has 0 N–H and O–H groups in total. The average molecular weight is 532 g/mol. The van der Waals surface area contributed by atoms with Crippen molar-refractivity contribution in [2.24, 2.45) is 14.1 Å². The molecule has 2 aromatic carbocycles. The van der Waals surface area contributed by atoms with Crippen LogP contribution >= 0.6 is 0 Å². The van der Waals surface area contributed by atoms with Crippen LogP contribution in [0.1, 0.15) is 16.8 Å². The molecule has 0 saturated carbocycles. The predicted octanol–water partition coefficient (Wildman–Crippen LogP) is 6.05. The molecule has 0 fully saturated rings. The van der Waals surface area contributed by atoms with E-state index in [0.717, 1.165) is 12.3 Å². The number of halogens is 6. The summed E-state index contributed by atoms with van der Waals surface area (Å²) in [5.74, 6) is -0.0339. The molecule has 7 nitrogen and oxygen atoms in total. The van der Waals surface area contributed by atoms with Crippen LogP contribution in [0, 0.1) is 0 Å². The number of aryl methyl sites for hydroxylation is 2. The van der Waals surface area contributed by atoms with E-state index < -0.39 is 23.6 Å². The van der Waals surface area contributed by atoms with Crippen LogP contribution in [0.2, 0.25) is 0 Å². The van der Waals surface area contributed by atoms with E-state index in [-0.39, 0.29) is 35.2 Å². The maximum Gasteiger partial charge on any atom is 0.434 e. The van der Waals surface area contributed by atoms with Gasteiger partial charge >= 0.3 is 12.4 Å². The second kappa shape index (κ2) is 9.15. The third-order valence-corrected chi connectivity index (χ3v) is 5.67. The Labute approximate surface area is 211 Å². The molecule has 0 unspecified atom stereocenters. The lowest BCUT2D eigenvalue weighted by atomic mass is 10.1. The summed E-state index contributed by atoms with van der Waals surface area (Å²) >= 11 is 0. The summed E-state index contributed by atoms with van der Waals surface area (Å²) in [5.41, 5.74) is -0.402. The van der Waals surface area contributed by atoms with Crippen LogP contribution in [0.25, 0.3) is 33.8 Å². The Hall–Kier alpha value is -4.42. The Kier molecular flexibility index (Phi) is 6.08. The molecule has 0 saturated heterocycles. The van der Waals surface area contributed by atoms with E-state index in [9.17, 15) is 26.3 Å². The molecule has 3 aromatic heterocycles. The van der Waals surface area contributed by atoms with Gasteiger partial charge in [-0.25, -0.2) is 9.97 Å². The van der Waals surface area contributed by atoms with Crippen molar-refractivity contribution in [2.75, 3.05) is 0 Å². The van der Waals surface area contributed by atoms with Crippen LogP contribution in [0.3, 0.4) is 0 Å². The molecule has 0 atom stereocenters. The first-order valence-corrected chi connectivity index (χ1v) is 11.1. The van der Waals surface area contributed by atoms with Crippen LogP contribution in [-0.2, 0) is 33.1 Å². The van der Waals surface area contributed by atoms with Gasteiger partial charge < -0.3 is 9.30 Å². The van der Waals surface area contributed by atoms with Crippen molar-refractivity contribution in [2.45, 2.75) is 19.0 Å². The van der Waals surface area contributed by atoms with Crippen molar-refractivity contribution in [3.05, 3.63) is 77.7 Å². The highest BCUT2D eigenvalue weighted by Gasteiger charge is 2.35. The van der Waals surface area contributed by atoms with E-state index >= 15 is 0 Å². The van der Waals surface area contributed by atoms with Crippen LogP contribution in [-0.4, -0.2) is 29.3 Å². The van der Waals surface area contributed by atoms with Crippen LogP contribution in [0.5, 0.6) is 5.88 Å². The Morgan fingerprint density at radius 1 is 0.816 bits per heavy atom. The Bertz CT molecular complexity index is 1620. The van der Waals surface area contributed by atoms with Crippen molar-refractivity contribution in [1.82, 2.24) is 29.3 Å². The van der Waals surface area contributed by atoms with Gasteiger partial charge in [-0.15, -0.1) is 0 Å². The van der Waals surface area contributed by atoms with E-state index in [1.807, 2.05) is 0 Å². The maximum atomic E-state index is 13.6. The fourth-order valence-electron chi connectivity index (χ4n) is 3.92. The molecule has 5 rings (SSSR count). The Morgan fingerprint density at radius 2 is 1.53 bits per heavy atom. The van der Waals surface area contributed by atoms with E-state index in [4.69, 9.17) is 4.74 Å². The van der Waals surface area contributed by atoms with Crippen molar-refractivity contribution < 1.29 is 31.1 Å². The zero-order valence-electron chi connectivity index (χ0n) is 19.8. The van der Waals surface area contributed by atoms with Gasteiger partial charge in [0, 0.05) is 31.4 Å². The molecule has 0 aliphatic carbocycles. The van der Waals surface area contributed by atoms with Crippen LogP contribution in [0.15, 0.2) is 60.9 Å². The van der Waals surface area contributed by atoms with Gasteiger partial charge in [-0.3, -0.25) is 4.68 Å². The number of aromatic nitrogens is 6. The number of hydrogen-bond acceptors (Lipinski definition) is 5.